The second kappa shape index (κ2) is 8.13. The fourth-order valence-electron chi connectivity index (χ4n) is 4.74. The standard InChI is InChI=1S/C21H20F5N7O/c22-15(23)11-33-18-14(9-29-33)28-10-17(30-18)31-6-1-3-20(12-31)4-7-32(19(20)34)16-8-13(2-5-27-16)21(24,25)26/h2,5,8-10,15H,1,3-4,6-7,11-12H2. The minimum absolute atomic E-state index is 0.0223. The van der Waals surface area contributed by atoms with E-state index >= 15 is 0 Å². The third-order valence-electron chi connectivity index (χ3n) is 6.41. The number of alkyl halides is 5. The Balaban J connectivity index is 1.40. The number of aromatic nitrogens is 5. The Bertz CT molecular complexity index is 1230. The molecule has 1 spiro atoms. The van der Waals surface area contributed by atoms with Gasteiger partial charge in [-0.15, -0.1) is 0 Å². The van der Waals surface area contributed by atoms with Gasteiger partial charge in [-0.2, -0.15) is 18.3 Å². The number of anilines is 2. The number of carbonyl (C=O) groups is 1. The Labute approximate surface area is 190 Å². The number of rotatable bonds is 4. The molecule has 0 bridgehead atoms. The molecule has 1 amide bonds. The maximum Gasteiger partial charge on any atom is 0.416 e. The largest absolute Gasteiger partial charge is 0.416 e. The SMILES string of the molecule is O=C1N(c2cc(C(F)(F)F)ccn2)CCC12CCCN(c1cnc3cnn(CC(F)F)c3n1)C2. The lowest BCUT2D eigenvalue weighted by atomic mass is 9.78. The lowest BCUT2D eigenvalue weighted by Gasteiger charge is -2.39. The van der Waals surface area contributed by atoms with Gasteiger partial charge in [0.15, 0.2) is 5.65 Å². The van der Waals surface area contributed by atoms with Crippen molar-refractivity contribution in [1.29, 1.82) is 0 Å². The molecular formula is C21H20F5N7O. The molecule has 0 N–H and O–H groups in total. The van der Waals surface area contributed by atoms with Gasteiger partial charge in [0.2, 0.25) is 5.91 Å². The van der Waals surface area contributed by atoms with Crippen molar-refractivity contribution in [1.82, 2.24) is 24.7 Å². The van der Waals surface area contributed by atoms with Crippen LogP contribution in [0.25, 0.3) is 11.2 Å². The molecule has 5 heterocycles. The van der Waals surface area contributed by atoms with Gasteiger partial charge in [-0.05, 0) is 31.4 Å². The minimum atomic E-state index is -4.53. The van der Waals surface area contributed by atoms with Crippen LogP contribution < -0.4 is 9.80 Å². The number of halogens is 5. The van der Waals surface area contributed by atoms with Crippen molar-refractivity contribution in [3.63, 3.8) is 0 Å². The zero-order valence-electron chi connectivity index (χ0n) is 17.8. The van der Waals surface area contributed by atoms with Crippen LogP contribution in [0.5, 0.6) is 0 Å². The highest BCUT2D eigenvalue weighted by molar-refractivity contribution is 5.99. The Morgan fingerprint density at radius 1 is 1.09 bits per heavy atom. The summed E-state index contributed by atoms with van der Waals surface area (Å²) in [6, 6.07) is 1.76. The zero-order chi connectivity index (χ0) is 24.1. The van der Waals surface area contributed by atoms with E-state index in [4.69, 9.17) is 0 Å². The van der Waals surface area contributed by atoms with Crippen molar-refractivity contribution in [2.24, 2.45) is 5.41 Å². The third-order valence-corrected chi connectivity index (χ3v) is 6.41. The molecular weight excluding hydrogens is 461 g/mol. The highest BCUT2D eigenvalue weighted by Gasteiger charge is 2.50. The average molecular weight is 481 g/mol. The molecule has 2 fully saturated rings. The molecule has 2 aliphatic heterocycles. The van der Waals surface area contributed by atoms with E-state index < -0.39 is 30.1 Å². The second-order valence-electron chi connectivity index (χ2n) is 8.57. The van der Waals surface area contributed by atoms with Crippen molar-refractivity contribution in [2.45, 2.75) is 38.4 Å². The van der Waals surface area contributed by atoms with Crippen LogP contribution in [0.1, 0.15) is 24.8 Å². The van der Waals surface area contributed by atoms with Crippen molar-refractivity contribution < 1.29 is 26.7 Å². The molecule has 0 aliphatic carbocycles. The van der Waals surface area contributed by atoms with Crippen molar-refractivity contribution in [2.75, 3.05) is 29.4 Å². The van der Waals surface area contributed by atoms with E-state index in [-0.39, 0.29) is 23.9 Å². The Kier molecular flexibility index (Phi) is 5.36. The molecule has 1 atom stereocenters. The van der Waals surface area contributed by atoms with E-state index in [2.05, 4.69) is 20.1 Å². The van der Waals surface area contributed by atoms with Crippen LogP contribution in [0.15, 0.2) is 30.7 Å². The Morgan fingerprint density at radius 3 is 2.68 bits per heavy atom. The van der Waals surface area contributed by atoms with Gasteiger partial charge in [0.05, 0.1) is 23.4 Å². The summed E-state index contributed by atoms with van der Waals surface area (Å²) < 4.78 is 66.2. The monoisotopic (exact) mass is 481 g/mol. The van der Waals surface area contributed by atoms with E-state index in [1.165, 1.54) is 17.3 Å². The van der Waals surface area contributed by atoms with Crippen molar-refractivity contribution in [3.05, 3.63) is 36.3 Å². The van der Waals surface area contributed by atoms with Crippen LogP contribution in [0, 0.1) is 5.41 Å². The highest BCUT2D eigenvalue weighted by atomic mass is 19.4. The Morgan fingerprint density at radius 2 is 1.91 bits per heavy atom. The number of hydrogen-bond acceptors (Lipinski definition) is 6. The summed E-state index contributed by atoms with van der Waals surface area (Å²) in [6.45, 7) is 0.528. The van der Waals surface area contributed by atoms with Gasteiger partial charge >= 0.3 is 6.18 Å². The molecule has 2 saturated heterocycles. The zero-order valence-corrected chi connectivity index (χ0v) is 17.8. The molecule has 5 rings (SSSR count). The van der Waals surface area contributed by atoms with E-state index in [9.17, 15) is 26.7 Å². The van der Waals surface area contributed by atoms with Gasteiger partial charge in [0.1, 0.15) is 23.7 Å². The normalized spacial score (nSPS) is 21.4. The first-order valence-electron chi connectivity index (χ1n) is 10.7. The summed E-state index contributed by atoms with van der Waals surface area (Å²) in [4.78, 5) is 29.3. The molecule has 0 aromatic carbocycles. The van der Waals surface area contributed by atoms with Gasteiger partial charge in [-0.25, -0.2) is 28.4 Å². The van der Waals surface area contributed by atoms with Crippen LogP contribution >= 0.6 is 0 Å². The van der Waals surface area contributed by atoms with Crippen LogP contribution in [-0.4, -0.2) is 56.7 Å². The van der Waals surface area contributed by atoms with Crippen molar-refractivity contribution in [3.8, 4) is 0 Å². The summed E-state index contributed by atoms with van der Waals surface area (Å²) >= 11 is 0. The predicted octanol–water partition coefficient (Wildman–Crippen LogP) is 3.53. The van der Waals surface area contributed by atoms with Gasteiger partial charge in [-0.1, -0.05) is 0 Å². The third kappa shape index (κ3) is 3.92. The smallest absolute Gasteiger partial charge is 0.354 e. The van der Waals surface area contributed by atoms with Gasteiger partial charge in [0, 0.05) is 25.8 Å². The fourth-order valence-corrected chi connectivity index (χ4v) is 4.74. The first-order chi connectivity index (χ1) is 16.2. The number of hydrogen-bond donors (Lipinski definition) is 0. The van der Waals surface area contributed by atoms with Crippen molar-refractivity contribution >= 4 is 28.7 Å². The van der Waals surface area contributed by atoms with E-state index in [0.29, 0.717) is 43.7 Å². The van der Waals surface area contributed by atoms with E-state index in [0.717, 1.165) is 23.0 Å². The summed E-state index contributed by atoms with van der Waals surface area (Å²) in [5, 5.41) is 3.92. The second-order valence-corrected chi connectivity index (χ2v) is 8.57. The molecule has 8 nitrogen and oxygen atoms in total. The van der Waals surface area contributed by atoms with Gasteiger partial charge in [-0.3, -0.25) is 9.69 Å². The number of pyridine rings is 1. The fraction of sp³-hybridized carbons (Fsp3) is 0.476. The predicted molar refractivity (Wildman–Crippen MR) is 111 cm³/mol. The topological polar surface area (TPSA) is 80.0 Å². The average Bonchev–Trinajstić information content (AvgIpc) is 3.34. The number of amides is 1. The maximum absolute atomic E-state index is 13.4. The molecule has 3 aromatic heterocycles. The maximum atomic E-state index is 13.4. The van der Waals surface area contributed by atoms with Crippen LogP contribution in [0.4, 0.5) is 33.6 Å². The van der Waals surface area contributed by atoms with Gasteiger partial charge < -0.3 is 4.90 Å². The first kappa shape index (κ1) is 22.4. The lowest BCUT2D eigenvalue weighted by Crippen LogP contribution is -2.48. The van der Waals surface area contributed by atoms with Crippen LogP contribution in [-0.2, 0) is 17.5 Å². The van der Waals surface area contributed by atoms with Gasteiger partial charge in [0.25, 0.3) is 6.43 Å². The molecule has 0 saturated carbocycles. The molecule has 1 unspecified atom stereocenters. The molecule has 0 radical (unpaired) electrons. The first-order valence-corrected chi connectivity index (χ1v) is 10.7. The number of fused-ring (bicyclic) bond motifs is 1. The summed E-state index contributed by atoms with van der Waals surface area (Å²) in [5.74, 6) is 0.137. The molecule has 3 aromatic rings. The van der Waals surface area contributed by atoms with E-state index in [1.807, 2.05) is 4.90 Å². The molecule has 13 heteroatoms. The quantitative estimate of drug-likeness (QED) is 0.531. The lowest BCUT2D eigenvalue weighted by molar-refractivity contribution is -0.137. The minimum Gasteiger partial charge on any atom is -0.354 e. The molecule has 34 heavy (non-hydrogen) atoms. The number of nitrogens with zero attached hydrogens (tertiary/aromatic N) is 7. The summed E-state index contributed by atoms with van der Waals surface area (Å²) in [5.41, 5.74) is -1.05. The Hall–Kier alpha value is -3.38. The number of carbonyl (C=O) groups excluding carboxylic acids is 1. The summed E-state index contributed by atoms with van der Waals surface area (Å²) in [6.07, 6.45) is -1.50. The molecule has 2 aliphatic rings. The highest BCUT2D eigenvalue weighted by Crippen LogP contribution is 2.43. The van der Waals surface area contributed by atoms with E-state index in [1.54, 1.807) is 0 Å². The number of piperidine rings is 1. The van der Waals surface area contributed by atoms with Crippen LogP contribution in [0.3, 0.4) is 0 Å². The van der Waals surface area contributed by atoms with Crippen LogP contribution in [0.2, 0.25) is 0 Å². The molecule has 180 valence electrons. The summed E-state index contributed by atoms with van der Waals surface area (Å²) in [7, 11) is 0.